The number of fused-ring (bicyclic) bond motifs is 1. The second kappa shape index (κ2) is 9.33. The minimum Gasteiger partial charge on any atom is -0.497 e. The molecule has 3 N–H and O–H groups in total. The van der Waals surface area contributed by atoms with Crippen LogP contribution in [-0.2, 0) is 7.05 Å². The van der Waals surface area contributed by atoms with E-state index in [9.17, 15) is 4.79 Å². The first-order valence-corrected chi connectivity index (χ1v) is 11.7. The first kappa shape index (κ1) is 23.3. The lowest BCUT2D eigenvalue weighted by Gasteiger charge is -2.40. The standard InChI is InChI=1S/C25H29N9O2/c1-15-12-18(36-4)7-8-19(15)28-25(35)33-10-11-34(16(2)14-33)23-20-21(17-6-5-9-27-13-17)31-32(3)22(20)29-24(26)30-23/h5-9,12-13,16H,10-11,14H2,1-4H3,(H,28,35)(H2,26,29,30)/t16-/m0/s1. The number of amides is 2. The van der Waals surface area contributed by atoms with Crippen molar-refractivity contribution in [3.63, 3.8) is 0 Å². The Balaban J connectivity index is 1.41. The Bertz CT molecular complexity index is 1420. The number of nitrogen functional groups attached to an aromatic ring is 1. The molecule has 1 aromatic carbocycles. The van der Waals surface area contributed by atoms with Crippen molar-refractivity contribution in [2.24, 2.45) is 7.05 Å². The van der Waals surface area contributed by atoms with E-state index in [-0.39, 0.29) is 18.0 Å². The molecule has 1 fully saturated rings. The Morgan fingerprint density at radius 1 is 1.22 bits per heavy atom. The average Bonchev–Trinajstić information content (AvgIpc) is 3.21. The molecule has 0 aliphatic carbocycles. The molecule has 0 radical (unpaired) electrons. The smallest absolute Gasteiger partial charge is 0.321 e. The third-order valence-electron chi connectivity index (χ3n) is 6.48. The molecule has 11 heteroatoms. The average molecular weight is 488 g/mol. The number of piperazine rings is 1. The number of hydrogen-bond acceptors (Lipinski definition) is 8. The highest BCUT2D eigenvalue weighted by atomic mass is 16.5. The highest BCUT2D eigenvalue weighted by Gasteiger charge is 2.31. The predicted molar refractivity (Wildman–Crippen MR) is 139 cm³/mol. The molecular weight excluding hydrogens is 458 g/mol. The lowest BCUT2D eigenvalue weighted by Crippen LogP contribution is -2.55. The molecule has 0 bridgehead atoms. The van der Waals surface area contributed by atoms with Crippen molar-refractivity contribution in [2.45, 2.75) is 19.9 Å². The number of rotatable bonds is 4. The Morgan fingerprint density at radius 2 is 2.06 bits per heavy atom. The number of benzene rings is 1. The Kier molecular flexibility index (Phi) is 6.05. The van der Waals surface area contributed by atoms with E-state index in [1.807, 2.05) is 49.2 Å². The zero-order chi connectivity index (χ0) is 25.4. The summed E-state index contributed by atoms with van der Waals surface area (Å²) >= 11 is 0. The van der Waals surface area contributed by atoms with Crippen molar-refractivity contribution >= 4 is 34.5 Å². The number of urea groups is 1. The molecule has 4 aromatic rings. The van der Waals surface area contributed by atoms with Gasteiger partial charge in [-0.1, -0.05) is 0 Å². The van der Waals surface area contributed by atoms with Crippen molar-refractivity contribution < 1.29 is 9.53 Å². The first-order chi connectivity index (χ1) is 17.4. The van der Waals surface area contributed by atoms with Crippen LogP contribution in [0.3, 0.4) is 0 Å². The second-order valence-corrected chi connectivity index (χ2v) is 8.92. The zero-order valence-corrected chi connectivity index (χ0v) is 20.8. The number of hydrogen-bond donors (Lipinski definition) is 2. The van der Waals surface area contributed by atoms with E-state index < -0.39 is 0 Å². The van der Waals surface area contributed by atoms with Gasteiger partial charge in [-0.3, -0.25) is 4.98 Å². The Morgan fingerprint density at radius 3 is 2.75 bits per heavy atom. The summed E-state index contributed by atoms with van der Waals surface area (Å²) in [5.74, 6) is 1.65. The maximum atomic E-state index is 13.1. The first-order valence-electron chi connectivity index (χ1n) is 11.7. The molecular formula is C25H29N9O2. The summed E-state index contributed by atoms with van der Waals surface area (Å²) in [6.07, 6.45) is 3.50. The van der Waals surface area contributed by atoms with Crippen LogP contribution in [0.15, 0.2) is 42.7 Å². The quantitative estimate of drug-likeness (QED) is 0.450. The summed E-state index contributed by atoms with van der Waals surface area (Å²) in [7, 11) is 3.46. The van der Waals surface area contributed by atoms with Gasteiger partial charge >= 0.3 is 6.03 Å². The Labute approximate surface area is 208 Å². The number of methoxy groups -OCH3 is 1. The number of anilines is 3. The summed E-state index contributed by atoms with van der Waals surface area (Å²) < 4.78 is 6.97. The van der Waals surface area contributed by atoms with E-state index in [2.05, 4.69) is 32.1 Å². The number of nitrogens with two attached hydrogens (primary N) is 1. The summed E-state index contributed by atoms with van der Waals surface area (Å²) in [6, 6.07) is 9.27. The molecule has 36 heavy (non-hydrogen) atoms. The van der Waals surface area contributed by atoms with Gasteiger partial charge in [-0.15, -0.1) is 0 Å². The fraction of sp³-hybridized carbons (Fsp3) is 0.320. The molecule has 1 aliphatic rings. The lowest BCUT2D eigenvalue weighted by atomic mass is 10.1. The highest BCUT2D eigenvalue weighted by molar-refractivity contribution is 6.00. The summed E-state index contributed by atoms with van der Waals surface area (Å²) in [6.45, 7) is 5.65. The van der Waals surface area contributed by atoms with Gasteiger partial charge in [0.05, 0.1) is 12.5 Å². The van der Waals surface area contributed by atoms with Crippen LogP contribution in [0.25, 0.3) is 22.3 Å². The van der Waals surface area contributed by atoms with Crippen molar-refractivity contribution in [3.05, 3.63) is 48.3 Å². The van der Waals surface area contributed by atoms with Gasteiger partial charge in [-0.25, -0.2) is 9.48 Å². The number of nitrogens with zero attached hydrogens (tertiary/aromatic N) is 7. The van der Waals surface area contributed by atoms with Gasteiger partial charge in [0.1, 0.15) is 17.3 Å². The minimum atomic E-state index is -0.139. The largest absolute Gasteiger partial charge is 0.497 e. The number of carbonyl (C=O) groups is 1. The van der Waals surface area contributed by atoms with Gasteiger partial charge in [-0.05, 0) is 49.7 Å². The topological polar surface area (TPSA) is 127 Å². The molecule has 5 rings (SSSR count). The molecule has 0 unspecified atom stereocenters. The summed E-state index contributed by atoms with van der Waals surface area (Å²) in [5.41, 5.74) is 10.1. The van der Waals surface area contributed by atoms with Crippen LogP contribution in [-0.4, -0.2) is 68.4 Å². The molecule has 1 saturated heterocycles. The predicted octanol–water partition coefficient (Wildman–Crippen LogP) is 3.07. The van der Waals surface area contributed by atoms with Crippen LogP contribution >= 0.6 is 0 Å². The normalized spacial score (nSPS) is 15.8. The Hall–Kier alpha value is -4.41. The number of pyridine rings is 1. The molecule has 1 aliphatic heterocycles. The van der Waals surface area contributed by atoms with E-state index in [0.717, 1.165) is 33.6 Å². The fourth-order valence-electron chi connectivity index (χ4n) is 4.61. The van der Waals surface area contributed by atoms with Gasteiger partial charge in [-0.2, -0.15) is 15.1 Å². The second-order valence-electron chi connectivity index (χ2n) is 8.92. The third kappa shape index (κ3) is 4.23. The highest BCUT2D eigenvalue weighted by Crippen LogP contribution is 2.35. The van der Waals surface area contributed by atoms with Crippen LogP contribution in [0.2, 0.25) is 0 Å². The van der Waals surface area contributed by atoms with Crippen molar-refractivity contribution in [1.29, 1.82) is 0 Å². The van der Waals surface area contributed by atoms with E-state index in [0.29, 0.717) is 31.1 Å². The summed E-state index contributed by atoms with van der Waals surface area (Å²) in [4.78, 5) is 30.4. The monoisotopic (exact) mass is 487 g/mol. The van der Waals surface area contributed by atoms with E-state index >= 15 is 0 Å². The third-order valence-corrected chi connectivity index (χ3v) is 6.48. The van der Waals surface area contributed by atoms with Crippen LogP contribution < -0.4 is 20.7 Å². The zero-order valence-electron chi connectivity index (χ0n) is 20.8. The van der Waals surface area contributed by atoms with Crippen LogP contribution in [0.1, 0.15) is 12.5 Å². The molecule has 3 aromatic heterocycles. The van der Waals surface area contributed by atoms with Crippen LogP contribution in [0.4, 0.5) is 22.2 Å². The van der Waals surface area contributed by atoms with Gasteiger partial charge in [0.15, 0.2) is 5.65 Å². The van der Waals surface area contributed by atoms with Crippen LogP contribution in [0, 0.1) is 6.92 Å². The number of nitrogens with one attached hydrogen (secondary N) is 1. The van der Waals surface area contributed by atoms with E-state index in [1.54, 1.807) is 24.2 Å². The van der Waals surface area contributed by atoms with Gasteiger partial charge < -0.3 is 25.6 Å². The SMILES string of the molecule is COc1ccc(NC(=O)N2CCN(c3nc(N)nc4c3c(-c3cccnc3)nn4C)[C@@H](C)C2)c(C)c1. The number of carbonyl (C=O) groups excluding carboxylic acids is 1. The van der Waals surface area contributed by atoms with Crippen molar-refractivity contribution in [1.82, 2.24) is 29.6 Å². The van der Waals surface area contributed by atoms with Gasteiger partial charge in [0.2, 0.25) is 5.95 Å². The molecule has 0 saturated carbocycles. The lowest BCUT2D eigenvalue weighted by molar-refractivity contribution is 0.200. The maximum absolute atomic E-state index is 13.1. The van der Waals surface area contributed by atoms with Crippen molar-refractivity contribution in [2.75, 3.05) is 42.7 Å². The van der Waals surface area contributed by atoms with Gasteiger partial charge in [0, 0.05) is 56.4 Å². The molecule has 4 heterocycles. The molecule has 186 valence electrons. The van der Waals surface area contributed by atoms with Crippen LogP contribution in [0.5, 0.6) is 5.75 Å². The van der Waals surface area contributed by atoms with E-state index in [1.165, 1.54) is 0 Å². The molecule has 11 nitrogen and oxygen atoms in total. The molecule has 0 spiro atoms. The number of aromatic nitrogens is 5. The fourth-order valence-corrected chi connectivity index (χ4v) is 4.61. The van der Waals surface area contributed by atoms with Crippen molar-refractivity contribution in [3.8, 4) is 17.0 Å². The molecule has 1 atom stereocenters. The van der Waals surface area contributed by atoms with Gasteiger partial charge in [0.25, 0.3) is 0 Å². The maximum Gasteiger partial charge on any atom is 0.321 e. The van der Waals surface area contributed by atoms with E-state index in [4.69, 9.17) is 15.6 Å². The minimum absolute atomic E-state index is 0.0130. The molecule has 2 amide bonds. The summed E-state index contributed by atoms with van der Waals surface area (Å²) in [5, 5.41) is 8.54. The number of ether oxygens (including phenoxy) is 1. The number of aryl methyl sites for hydroxylation is 2.